The molecule has 1 atom stereocenters. The van der Waals surface area contributed by atoms with Crippen molar-refractivity contribution in [2.75, 3.05) is 17.2 Å². The van der Waals surface area contributed by atoms with E-state index in [0.29, 0.717) is 21.9 Å². The van der Waals surface area contributed by atoms with Crippen LogP contribution >= 0.6 is 11.3 Å². The molecule has 0 bridgehead atoms. The molecule has 2 N–H and O–H groups in total. The summed E-state index contributed by atoms with van der Waals surface area (Å²) in [6.07, 6.45) is 3.09. The smallest absolute Gasteiger partial charge is 0.341 e. The van der Waals surface area contributed by atoms with Gasteiger partial charge in [0, 0.05) is 16.1 Å². The average Bonchev–Trinajstić information content (AvgIpc) is 3.25. The quantitative estimate of drug-likeness (QED) is 0.351. The first-order valence-electron chi connectivity index (χ1n) is 12.5. The van der Waals surface area contributed by atoms with Gasteiger partial charge in [-0.25, -0.2) is 4.79 Å². The van der Waals surface area contributed by atoms with Crippen LogP contribution in [0.2, 0.25) is 0 Å². The van der Waals surface area contributed by atoms with Gasteiger partial charge in [-0.05, 0) is 100 Å². The Bertz CT molecular complexity index is 1310. The molecule has 1 aromatic heterocycles. The lowest BCUT2D eigenvalue weighted by Gasteiger charge is -2.16. The van der Waals surface area contributed by atoms with Gasteiger partial charge in [-0.15, -0.1) is 11.3 Å². The van der Waals surface area contributed by atoms with E-state index in [9.17, 15) is 14.4 Å². The lowest BCUT2D eigenvalue weighted by molar-refractivity contribution is -0.122. The van der Waals surface area contributed by atoms with Crippen LogP contribution in [0.5, 0.6) is 5.75 Å². The molecule has 4 rings (SSSR count). The Morgan fingerprint density at radius 3 is 2.46 bits per heavy atom. The second-order valence-corrected chi connectivity index (χ2v) is 10.2. The summed E-state index contributed by atoms with van der Waals surface area (Å²) < 4.78 is 11.1. The van der Waals surface area contributed by atoms with E-state index in [4.69, 9.17) is 9.47 Å². The Hall–Kier alpha value is -3.65. The number of carbonyl (C=O) groups is 3. The summed E-state index contributed by atoms with van der Waals surface area (Å²) in [5.41, 5.74) is 4.76. The average molecular weight is 521 g/mol. The van der Waals surface area contributed by atoms with Crippen LogP contribution in [0.25, 0.3) is 0 Å². The SMILES string of the molecule is CCOC(=O)c1c(NC(=O)c2ccc(O[C@@H](C)C(=O)Nc3cccc(C)c3C)cc2)sc2c1CCCC2. The number of aryl methyl sites for hydroxylation is 2. The Morgan fingerprint density at radius 1 is 1.00 bits per heavy atom. The summed E-state index contributed by atoms with van der Waals surface area (Å²) in [6.45, 7) is 7.68. The van der Waals surface area contributed by atoms with Crippen LogP contribution in [0.1, 0.15) is 69.0 Å². The van der Waals surface area contributed by atoms with Gasteiger partial charge in [0.1, 0.15) is 10.8 Å². The molecule has 7 nitrogen and oxygen atoms in total. The highest BCUT2D eigenvalue weighted by atomic mass is 32.1. The molecule has 3 aromatic rings. The minimum atomic E-state index is -0.732. The summed E-state index contributed by atoms with van der Waals surface area (Å²) in [5, 5.41) is 6.35. The van der Waals surface area contributed by atoms with Gasteiger partial charge < -0.3 is 20.1 Å². The van der Waals surface area contributed by atoms with Gasteiger partial charge in [-0.3, -0.25) is 9.59 Å². The zero-order chi connectivity index (χ0) is 26.5. The van der Waals surface area contributed by atoms with Gasteiger partial charge >= 0.3 is 5.97 Å². The molecule has 8 heteroatoms. The second-order valence-electron chi connectivity index (χ2n) is 9.11. The molecule has 0 unspecified atom stereocenters. The highest BCUT2D eigenvalue weighted by Gasteiger charge is 2.27. The van der Waals surface area contributed by atoms with E-state index in [1.165, 1.54) is 11.3 Å². The summed E-state index contributed by atoms with van der Waals surface area (Å²) in [6, 6.07) is 12.3. The lowest BCUT2D eigenvalue weighted by atomic mass is 9.95. The lowest BCUT2D eigenvalue weighted by Crippen LogP contribution is -2.30. The number of thiophene rings is 1. The number of amides is 2. The highest BCUT2D eigenvalue weighted by molar-refractivity contribution is 7.17. The molecule has 0 saturated carbocycles. The first kappa shape index (κ1) is 26.4. The van der Waals surface area contributed by atoms with E-state index < -0.39 is 12.1 Å². The zero-order valence-corrected chi connectivity index (χ0v) is 22.4. The van der Waals surface area contributed by atoms with Crippen molar-refractivity contribution in [3.63, 3.8) is 0 Å². The molecule has 0 spiro atoms. The number of hydrogen-bond acceptors (Lipinski definition) is 6. The molecular weight excluding hydrogens is 488 g/mol. The van der Waals surface area contributed by atoms with E-state index in [0.717, 1.165) is 52.9 Å². The van der Waals surface area contributed by atoms with Crippen LogP contribution in [0.3, 0.4) is 0 Å². The topological polar surface area (TPSA) is 93.7 Å². The van der Waals surface area contributed by atoms with Gasteiger partial charge in [0.05, 0.1) is 12.2 Å². The normalized spacial score (nSPS) is 13.3. The predicted octanol–water partition coefficient (Wildman–Crippen LogP) is 6.08. The maximum atomic E-state index is 13.0. The summed E-state index contributed by atoms with van der Waals surface area (Å²) in [5.74, 6) is -0.506. The first-order chi connectivity index (χ1) is 17.8. The van der Waals surface area contributed by atoms with E-state index >= 15 is 0 Å². The van der Waals surface area contributed by atoms with Crippen molar-refractivity contribution in [1.82, 2.24) is 0 Å². The number of benzene rings is 2. The Kier molecular flexibility index (Phi) is 8.28. The monoisotopic (exact) mass is 520 g/mol. The molecule has 0 fully saturated rings. The maximum Gasteiger partial charge on any atom is 0.341 e. The van der Waals surface area contributed by atoms with Crippen LogP contribution in [0.15, 0.2) is 42.5 Å². The molecule has 37 heavy (non-hydrogen) atoms. The third-order valence-corrected chi connectivity index (χ3v) is 7.75. The number of fused-ring (bicyclic) bond motifs is 1. The molecule has 2 aromatic carbocycles. The number of ether oxygens (including phenoxy) is 2. The fourth-order valence-corrected chi connectivity index (χ4v) is 5.58. The van der Waals surface area contributed by atoms with Gasteiger partial charge in [-0.2, -0.15) is 0 Å². The third-order valence-electron chi connectivity index (χ3n) is 6.54. The summed E-state index contributed by atoms with van der Waals surface area (Å²) >= 11 is 1.45. The number of nitrogens with one attached hydrogen (secondary N) is 2. The first-order valence-corrected chi connectivity index (χ1v) is 13.4. The van der Waals surface area contributed by atoms with Gasteiger partial charge in [0.2, 0.25) is 0 Å². The fraction of sp³-hybridized carbons (Fsp3) is 0.345. The molecule has 0 aliphatic heterocycles. The van der Waals surface area contributed by atoms with Crippen molar-refractivity contribution in [3.8, 4) is 5.75 Å². The standard InChI is InChI=1S/C29H32N2O5S/c1-5-35-29(34)25-22-10-6-7-12-24(22)37-28(25)31-27(33)20-13-15-21(16-14-20)36-19(4)26(32)30-23-11-8-9-17(2)18(23)3/h8-9,11,13-16,19H,5-7,10,12H2,1-4H3,(H,30,32)(H,31,33)/t19-/m0/s1. The van der Waals surface area contributed by atoms with Crippen LogP contribution in [0, 0.1) is 13.8 Å². The van der Waals surface area contributed by atoms with Crippen molar-refractivity contribution in [2.24, 2.45) is 0 Å². The Morgan fingerprint density at radius 2 is 1.73 bits per heavy atom. The van der Waals surface area contributed by atoms with Crippen LogP contribution < -0.4 is 15.4 Å². The molecule has 0 saturated heterocycles. The van der Waals surface area contributed by atoms with Crippen molar-refractivity contribution < 1.29 is 23.9 Å². The summed E-state index contributed by atoms with van der Waals surface area (Å²) in [4.78, 5) is 39.4. The maximum absolute atomic E-state index is 13.0. The second kappa shape index (κ2) is 11.6. The third kappa shape index (κ3) is 6.02. The molecule has 1 aliphatic carbocycles. The van der Waals surface area contributed by atoms with Crippen molar-refractivity contribution in [1.29, 1.82) is 0 Å². The fourth-order valence-electron chi connectivity index (χ4n) is 4.31. The zero-order valence-electron chi connectivity index (χ0n) is 21.6. The van der Waals surface area contributed by atoms with E-state index in [-0.39, 0.29) is 18.4 Å². The molecule has 194 valence electrons. The van der Waals surface area contributed by atoms with Crippen molar-refractivity contribution in [3.05, 3.63) is 75.2 Å². The largest absolute Gasteiger partial charge is 0.481 e. The molecule has 2 amide bonds. The molecular formula is C29H32N2O5S. The van der Waals surface area contributed by atoms with E-state index in [1.54, 1.807) is 38.1 Å². The number of rotatable bonds is 8. The Balaban J connectivity index is 1.42. The van der Waals surface area contributed by atoms with Crippen LogP contribution in [-0.4, -0.2) is 30.5 Å². The molecule has 1 aliphatic rings. The number of anilines is 2. The Labute approximate surface area is 221 Å². The number of carbonyl (C=O) groups excluding carboxylic acids is 3. The predicted molar refractivity (Wildman–Crippen MR) is 146 cm³/mol. The van der Waals surface area contributed by atoms with Gasteiger partial charge in [0.15, 0.2) is 6.10 Å². The van der Waals surface area contributed by atoms with E-state index in [2.05, 4.69) is 10.6 Å². The van der Waals surface area contributed by atoms with Crippen LogP contribution in [0.4, 0.5) is 10.7 Å². The van der Waals surface area contributed by atoms with Crippen LogP contribution in [-0.2, 0) is 22.4 Å². The minimum absolute atomic E-state index is 0.260. The highest BCUT2D eigenvalue weighted by Crippen LogP contribution is 2.39. The van der Waals surface area contributed by atoms with E-state index in [1.807, 2.05) is 32.0 Å². The minimum Gasteiger partial charge on any atom is -0.481 e. The van der Waals surface area contributed by atoms with Crippen molar-refractivity contribution >= 4 is 39.8 Å². The molecule has 0 radical (unpaired) electrons. The van der Waals surface area contributed by atoms with Crippen molar-refractivity contribution in [2.45, 2.75) is 59.5 Å². The van der Waals surface area contributed by atoms with Gasteiger partial charge in [0.25, 0.3) is 11.8 Å². The summed E-state index contributed by atoms with van der Waals surface area (Å²) in [7, 11) is 0. The number of hydrogen-bond donors (Lipinski definition) is 2. The van der Waals surface area contributed by atoms with Gasteiger partial charge in [-0.1, -0.05) is 12.1 Å². The number of esters is 1. The molecule has 1 heterocycles.